The maximum absolute atomic E-state index is 11.2. The molecule has 2 N–H and O–H groups in total. The highest BCUT2D eigenvalue weighted by Gasteiger charge is 2.05. The smallest absolute Gasteiger partial charge is 0.337 e. The van der Waals surface area contributed by atoms with Crippen molar-refractivity contribution < 1.29 is 19.7 Å². The molecule has 0 spiro atoms. The topological polar surface area (TPSA) is 66.8 Å². The van der Waals surface area contributed by atoms with E-state index in [2.05, 4.69) is 4.74 Å². The number of hydrogen-bond acceptors (Lipinski definition) is 4. The molecule has 1 aromatic rings. The van der Waals surface area contributed by atoms with Crippen molar-refractivity contribution in [3.8, 4) is 0 Å². The molecule has 0 aliphatic rings. The summed E-state index contributed by atoms with van der Waals surface area (Å²) in [7, 11) is 1.34. The van der Waals surface area contributed by atoms with Crippen LogP contribution >= 0.6 is 0 Å². The Morgan fingerprint density at radius 1 is 1.29 bits per heavy atom. The molecule has 4 heteroatoms. The van der Waals surface area contributed by atoms with Gasteiger partial charge >= 0.3 is 5.97 Å². The minimum Gasteiger partial charge on any atom is -0.465 e. The second-order valence-electron chi connectivity index (χ2n) is 3.57. The Bertz CT molecular complexity index is 392. The van der Waals surface area contributed by atoms with Gasteiger partial charge in [0.05, 0.1) is 25.9 Å². The number of aliphatic hydroxyl groups is 2. The number of methoxy groups -OCH3 is 1. The maximum atomic E-state index is 11.2. The van der Waals surface area contributed by atoms with Crippen LogP contribution in [-0.2, 0) is 11.2 Å². The van der Waals surface area contributed by atoms with Gasteiger partial charge in [0.1, 0.15) is 0 Å². The summed E-state index contributed by atoms with van der Waals surface area (Å²) in [6.07, 6.45) is 2.13. The third-order valence-electron chi connectivity index (χ3n) is 2.39. The molecule has 0 heterocycles. The predicted molar refractivity (Wildman–Crippen MR) is 63.7 cm³/mol. The second kappa shape index (κ2) is 6.83. The van der Waals surface area contributed by atoms with E-state index >= 15 is 0 Å². The summed E-state index contributed by atoms with van der Waals surface area (Å²) >= 11 is 0. The van der Waals surface area contributed by atoms with Crippen molar-refractivity contribution in [2.45, 2.75) is 6.42 Å². The summed E-state index contributed by atoms with van der Waals surface area (Å²) in [5, 5.41) is 17.8. The van der Waals surface area contributed by atoms with Crippen LogP contribution in [0.4, 0.5) is 0 Å². The van der Waals surface area contributed by atoms with E-state index in [1.165, 1.54) is 7.11 Å². The van der Waals surface area contributed by atoms with E-state index in [1.54, 1.807) is 30.3 Å². The summed E-state index contributed by atoms with van der Waals surface area (Å²) in [4.78, 5) is 11.2. The van der Waals surface area contributed by atoms with Gasteiger partial charge in [-0.25, -0.2) is 4.79 Å². The molecule has 1 aromatic carbocycles. The largest absolute Gasteiger partial charge is 0.465 e. The lowest BCUT2D eigenvalue weighted by Crippen LogP contribution is -2.02. The summed E-state index contributed by atoms with van der Waals surface area (Å²) in [5.41, 5.74) is 2.21. The average molecular weight is 236 g/mol. The highest BCUT2D eigenvalue weighted by atomic mass is 16.5. The van der Waals surface area contributed by atoms with Gasteiger partial charge in [0.15, 0.2) is 0 Å². The van der Waals surface area contributed by atoms with E-state index in [0.29, 0.717) is 12.0 Å². The number of benzene rings is 1. The standard InChI is InChI=1S/C13H16O4/c1-17-13(16)12-4-2-10(3-5-12)8-11(9-15)6-7-14/h2-6,14-15H,7-9H2,1H3/b11-6-. The summed E-state index contributed by atoms with van der Waals surface area (Å²) in [5.74, 6) is -0.371. The van der Waals surface area contributed by atoms with Gasteiger partial charge in [-0.2, -0.15) is 0 Å². The van der Waals surface area contributed by atoms with Gasteiger partial charge in [-0.15, -0.1) is 0 Å². The van der Waals surface area contributed by atoms with Gasteiger partial charge in [-0.05, 0) is 29.7 Å². The Kier molecular flexibility index (Phi) is 5.39. The fourth-order valence-electron chi connectivity index (χ4n) is 1.46. The lowest BCUT2D eigenvalue weighted by molar-refractivity contribution is 0.0600. The molecule has 0 saturated carbocycles. The SMILES string of the molecule is COC(=O)c1ccc(C/C(=C/CO)CO)cc1. The van der Waals surface area contributed by atoms with E-state index in [-0.39, 0.29) is 19.2 Å². The van der Waals surface area contributed by atoms with E-state index < -0.39 is 0 Å². The monoisotopic (exact) mass is 236 g/mol. The summed E-state index contributed by atoms with van der Waals surface area (Å²) in [6.45, 7) is -0.171. The van der Waals surface area contributed by atoms with Crippen LogP contribution in [0.25, 0.3) is 0 Å². The van der Waals surface area contributed by atoms with E-state index in [9.17, 15) is 4.79 Å². The molecular formula is C13H16O4. The highest BCUT2D eigenvalue weighted by Crippen LogP contribution is 2.10. The van der Waals surface area contributed by atoms with Crippen LogP contribution in [0, 0.1) is 0 Å². The van der Waals surface area contributed by atoms with Crippen LogP contribution in [0.5, 0.6) is 0 Å². The normalized spacial score (nSPS) is 11.4. The molecular weight excluding hydrogens is 220 g/mol. The number of carbonyl (C=O) groups excluding carboxylic acids is 1. The molecule has 0 saturated heterocycles. The van der Waals surface area contributed by atoms with Crippen molar-refractivity contribution in [3.05, 3.63) is 47.0 Å². The van der Waals surface area contributed by atoms with Crippen LogP contribution in [0.2, 0.25) is 0 Å². The quantitative estimate of drug-likeness (QED) is 0.589. The molecule has 0 amide bonds. The molecule has 0 fully saturated rings. The molecule has 0 unspecified atom stereocenters. The lowest BCUT2D eigenvalue weighted by Gasteiger charge is -2.05. The molecule has 0 aliphatic heterocycles. The zero-order valence-corrected chi connectivity index (χ0v) is 9.72. The number of hydrogen-bond donors (Lipinski definition) is 2. The van der Waals surface area contributed by atoms with Crippen molar-refractivity contribution in [2.75, 3.05) is 20.3 Å². The van der Waals surface area contributed by atoms with Crippen molar-refractivity contribution in [1.29, 1.82) is 0 Å². The molecule has 0 radical (unpaired) electrons. The molecule has 92 valence electrons. The average Bonchev–Trinajstić information content (AvgIpc) is 2.38. The minimum atomic E-state index is -0.371. The predicted octanol–water partition coefficient (Wildman–Crippen LogP) is 0.927. The first-order valence-corrected chi connectivity index (χ1v) is 5.28. The number of esters is 1. The van der Waals surface area contributed by atoms with E-state index in [1.807, 2.05) is 0 Å². The molecule has 1 rings (SSSR count). The highest BCUT2D eigenvalue weighted by molar-refractivity contribution is 5.89. The zero-order valence-electron chi connectivity index (χ0n) is 9.72. The fraction of sp³-hybridized carbons (Fsp3) is 0.308. The third kappa shape index (κ3) is 4.01. The first-order chi connectivity index (χ1) is 8.21. The first kappa shape index (κ1) is 13.4. The van der Waals surface area contributed by atoms with E-state index in [0.717, 1.165) is 11.1 Å². The van der Waals surface area contributed by atoms with Crippen molar-refractivity contribution in [1.82, 2.24) is 0 Å². The fourth-order valence-corrected chi connectivity index (χ4v) is 1.46. The van der Waals surface area contributed by atoms with Crippen LogP contribution in [-0.4, -0.2) is 36.5 Å². The van der Waals surface area contributed by atoms with Crippen LogP contribution in [0.3, 0.4) is 0 Å². The minimum absolute atomic E-state index is 0.0840. The summed E-state index contributed by atoms with van der Waals surface area (Å²) in [6, 6.07) is 6.95. The lowest BCUT2D eigenvalue weighted by atomic mass is 10.0. The van der Waals surface area contributed by atoms with Crippen LogP contribution in [0.1, 0.15) is 15.9 Å². The molecule has 0 atom stereocenters. The van der Waals surface area contributed by atoms with Gasteiger partial charge in [0.2, 0.25) is 0 Å². The number of ether oxygens (including phenoxy) is 1. The number of aliphatic hydroxyl groups excluding tert-OH is 2. The molecule has 4 nitrogen and oxygen atoms in total. The van der Waals surface area contributed by atoms with Gasteiger partial charge in [-0.3, -0.25) is 0 Å². The van der Waals surface area contributed by atoms with Gasteiger partial charge < -0.3 is 14.9 Å². The van der Waals surface area contributed by atoms with Crippen LogP contribution < -0.4 is 0 Å². The second-order valence-corrected chi connectivity index (χ2v) is 3.57. The molecule has 0 bridgehead atoms. The summed E-state index contributed by atoms with van der Waals surface area (Å²) < 4.78 is 4.59. The van der Waals surface area contributed by atoms with Gasteiger partial charge in [0, 0.05) is 0 Å². The van der Waals surface area contributed by atoms with Gasteiger partial charge in [-0.1, -0.05) is 18.2 Å². The third-order valence-corrected chi connectivity index (χ3v) is 2.39. The number of carbonyl (C=O) groups is 1. The maximum Gasteiger partial charge on any atom is 0.337 e. The van der Waals surface area contributed by atoms with E-state index in [4.69, 9.17) is 10.2 Å². The number of rotatable bonds is 5. The Morgan fingerprint density at radius 2 is 1.94 bits per heavy atom. The van der Waals surface area contributed by atoms with Crippen molar-refractivity contribution in [2.24, 2.45) is 0 Å². The Labute approximate surface area is 100 Å². The van der Waals surface area contributed by atoms with Crippen LogP contribution in [0.15, 0.2) is 35.9 Å². The molecule has 0 aliphatic carbocycles. The molecule has 0 aromatic heterocycles. The molecule has 17 heavy (non-hydrogen) atoms. The Morgan fingerprint density at radius 3 is 2.41 bits per heavy atom. The first-order valence-electron chi connectivity index (χ1n) is 5.28. The van der Waals surface area contributed by atoms with Crippen molar-refractivity contribution in [3.63, 3.8) is 0 Å². The Balaban J connectivity index is 2.74. The zero-order chi connectivity index (χ0) is 12.7. The Hall–Kier alpha value is -1.65. The van der Waals surface area contributed by atoms with Gasteiger partial charge in [0.25, 0.3) is 0 Å². The van der Waals surface area contributed by atoms with Crippen molar-refractivity contribution >= 4 is 5.97 Å².